The summed E-state index contributed by atoms with van der Waals surface area (Å²) in [6.07, 6.45) is 1.99. The van der Waals surface area contributed by atoms with Crippen LogP contribution in [-0.4, -0.2) is 12.6 Å². The molecule has 0 N–H and O–H groups in total. The van der Waals surface area contributed by atoms with Gasteiger partial charge in [0.25, 0.3) is 0 Å². The number of hydrogen-bond donors (Lipinski definition) is 1. The summed E-state index contributed by atoms with van der Waals surface area (Å²) in [5.41, 5.74) is 8.28. The van der Waals surface area contributed by atoms with E-state index in [1.807, 2.05) is 0 Å². The van der Waals surface area contributed by atoms with Crippen molar-refractivity contribution in [2.24, 2.45) is 11.0 Å². The average Bonchev–Trinajstić information content (AvgIpc) is 2.07. The highest BCUT2D eigenvalue weighted by Gasteiger charge is 2.16. The minimum Gasteiger partial charge on any atom is -0.318 e. The molecule has 0 bridgehead atoms. The first-order chi connectivity index (χ1) is 5.79. The van der Waals surface area contributed by atoms with Crippen LogP contribution in [0.25, 0.3) is 10.4 Å². The van der Waals surface area contributed by atoms with E-state index in [1.54, 1.807) is 0 Å². The van der Waals surface area contributed by atoms with Crippen LogP contribution in [0.3, 0.4) is 0 Å². The molecule has 0 aliphatic carbocycles. The van der Waals surface area contributed by atoms with E-state index < -0.39 is 0 Å². The lowest BCUT2D eigenvalue weighted by Crippen LogP contribution is -2.21. The van der Waals surface area contributed by atoms with Gasteiger partial charge >= 0.3 is 0 Å². The number of thiol groups is 1. The standard InChI is InChI=1S/C7H15N3OS/c1-3-6(4-2)7(5-11-12)9-10-8/h6-7,12H,3-5H2,1-2H3/t7-/m1/s1. The summed E-state index contributed by atoms with van der Waals surface area (Å²) in [4.78, 5) is 2.78. The zero-order valence-corrected chi connectivity index (χ0v) is 8.37. The van der Waals surface area contributed by atoms with Gasteiger partial charge in [0.05, 0.1) is 12.6 Å². The molecule has 0 aliphatic rings. The van der Waals surface area contributed by atoms with Crippen LogP contribution in [0.2, 0.25) is 0 Å². The Morgan fingerprint density at radius 1 is 1.50 bits per heavy atom. The zero-order chi connectivity index (χ0) is 9.40. The van der Waals surface area contributed by atoms with Crippen molar-refractivity contribution in [2.45, 2.75) is 32.7 Å². The average molecular weight is 189 g/mol. The number of azide groups is 1. The van der Waals surface area contributed by atoms with Crippen LogP contribution in [0, 0.1) is 5.92 Å². The van der Waals surface area contributed by atoms with E-state index in [4.69, 9.17) is 5.53 Å². The summed E-state index contributed by atoms with van der Waals surface area (Å²) in [5, 5.41) is 3.66. The number of rotatable bonds is 6. The van der Waals surface area contributed by atoms with Crippen molar-refractivity contribution in [3.8, 4) is 0 Å². The van der Waals surface area contributed by atoms with E-state index in [0.717, 1.165) is 12.8 Å². The molecule has 0 rings (SSSR count). The third-order valence-electron chi connectivity index (χ3n) is 2.04. The second kappa shape index (κ2) is 7.28. The van der Waals surface area contributed by atoms with Crippen LogP contribution in [0.15, 0.2) is 5.11 Å². The monoisotopic (exact) mass is 189 g/mol. The predicted octanol–water partition coefficient (Wildman–Crippen LogP) is 2.96. The molecule has 0 fully saturated rings. The van der Waals surface area contributed by atoms with Gasteiger partial charge in [-0.25, -0.2) is 0 Å². The van der Waals surface area contributed by atoms with Crippen molar-refractivity contribution in [2.75, 3.05) is 6.61 Å². The summed E-state index contributed by atoms with van der Waals surface area (Å²) < 4.78 is 4.67. The van der Waals surface area contributed by atoms with Crippen LogP contribution >= 0.6 is 12.9 Å². The van der Waals surface area contributed by atoms with Crippen molar-refractivity contribution < 1.29 is 4.18 Å². The zero-order valence-electron chi connectivity index (χ0n) is 7.47. The predicted molar refractivity (Wildman–Crippen MR) is 51.9 cm³/mol. The normalized spacial score (nSPS) is 12.7. The van der Waals surface area contributed by atoms with E-state index in [-0.39, 0.29) is 6.04 Å². The Morgan fingerprint density at radius 3 is 2.42 bits per heavy atom. The highest BCUT2D eigenvalue weighted by Crippen LogP contribution is 2.17. The van der Waals surface area contributed by atoms with Gasteiger partial charge in [0, 0.05) is 4.91 Å². The summed E-state index contributed by atoms with van der Waals surface area (Å²) in [7, 11) is 0. The van der Waals surface area contributed by atoms with Crippen molar-refractivity contribution in [3.05, 3.63) is 10.4 Å². The van der Waals surface area contributed by atoms with E-state index in [2.05, 4.69) is 41.0 Å². The van der Waals surface area contributed by atoms with Crippen LogP contribution < -0.4 is 0 Å². The maximum atomic E-state index is 8.28. The Kier molecular flexibility index (Phi) is 7.05. The summed E-state index contributed by atoms with van der Waals surface area (Å²) in [6, 6.07) is -0.0810. The quantitative estimate of drug-likeness (QED) is 0.225. The van der Waals surface area contributed by atoms with Gasteiger partial charge in [-0.05, 0) is 24.4 Å². The van der Waals surface area contributed by atoms with Gasteiger partial charge in [0.1, 0.15) is 0 Å². The maximum absolute atomic E-state index is 8.28. The SMILES string of the molecule is CCC(CC)[C@@H](COS)N=[N+]=[N-]. The number of hydrogen-bond acceptors (Lipinski definition) is 3. The molecule has 0 saturated carbocycles. The smallest absolute Gasteiger partial charge is 0.0697 e. The first-order valence-corrected chi connectivity index (χ1v) is 4.47. The van der Waals surface area contributed by atoms with E-state index in [9.17, 15) is 0 Å². The minimum atomic E-state index is -0.0810. The molecule has 4 nitrogen and oxygen atoms in total. The third-order valence-corrected chi connectivity index (χ3v) is 2.19. The molecule has 0 amide bonds. The van der Waals surface area contributed by atoms with Gasteiger partial charge in [-0.1, -0.05) is 31.8 Å². The summed E-state index contributed by atoms with van der Waals surface area (Å²) >= 11 is 3.64. The molecule has 0 saturated heterocycles. The van der Waals surface area contributed by atoms with Crippen LogP contribution in [0.4, 0.5) is 0 Å². The second-order valence-corrected chi connectivity index (χ2v) is 2.90. The highest BCUT2D eigenvalue weighted by atomic mass is 32.1. The topological polar surface area (TPSA) is 58.0 Å². The first kappa shape index (κ1) is 11.6. The van der Waals surface area contributed by atoms with Gasteiger partial charge in [-0.2, -0.15) is 0 Å². The Bertz CT molecular complexity index is 155. The van der Waals surface area contributed by atoms with Gasteiger partial charge in [0.15, 0.2) is 0 Å². The Hall–Kier alpha value is -0.380. The Labute approximate surface area is 78.5 Å². The van der Waals surface area contributed by atoms with Crippen LogP contribution in [0.5, 0.6) is 0 Å². The first-order valence-electron chi connectivity index (χ1n) is 4.10. The van der Waals surface area contributed by atoms with Gasteiger partial charge < -0.3 is 4.18 Å². The van der Waals surface area contributed by atoms with Crippen molar-refractivity contribution in [1.29, 1.82) is 0 Å². The van der Waals surface area contributed by atoms with Crippen LogP contribution in [-0.2, 0) is 4.18 Å². The highest BCUT2D eigenvalue weighted by molar-refractivity contribution is 7.75. The molecule has 0 aromatic rings. The molecular formula is C7H15N3OS. The summed E-state index contributed by atoms with van der Waals surface area (Å²) in [6.45, 7) is 4.54. The lowest BCUT2D eigenvalue weighted by Gasteiger charge is -2.18. The molecule has 0 heterocycles. The van der Waals surface area contributed by atoms with E-state index >= 15 is 0 Å². The lowest BCUT2D eigenvalue weighted by molar-refractivity contribution is 0.272. The molecule has 0 aliphatic heterocycles. The fourth-order valence-corrected chi connectivity index (χ4v) is 1.39. The van der Waals surface area contributed by atoms with Crippen LogP contribution in [0.1, 0.15) is 26.7 Å². The Morgan fingerprint density at radius 2 is 2.08 bits per heavy atom. The van der Waals surface area contributed by atoms with Gasteiger partial charge in [0.2, 0.25) is 0 Å². The summed E-state index contributed by atoms with van der Waals surface area (Å²) in [5.74, 6) is 0.396. The molecule has 0 spiro atoms. The molecule has 12 heavy (non-hydrogen) atoms. The molecule has 0 unspecified atom stereocenters. The fourth-order valence-electron chi connectivity index (χ4n) is 1.24. The third kappa shape index (κ3) is 3.85. The molecule has 5 heteroatoms. The minimum absolute atomic E-state index is 0.0810. The fraction of sp³-hybridized carbons (Fsp3) is 1.00. The van der Waals surface area contributed by atoms with Crippen molar-refractivity contribution in [3.63, 3.8) is 0 Å². The van der Waals surface area contributed by atoms with E-state index in [0.29, 0.717) is 12.5 Å². The second-order valence-electron chi connectivity index (χ2n) is 2.64. The van der Waals surface area contributed by atoms with Gasteiger partial charge in [-0.15, -0.1) is 0 Å². The lowest BCUT2D eigenvalue weighted by atomic mass is 9.95. The molecule has 0 radical (unpaired) electrons. The van der Waals surface area contributed by atoms with Crippen molar-refractivity contribution in [1.82, 2.24) is 0 Å². The molecule has 0 aromatic carbocycles. The maximum Gasteiger partial charge on any atom is 0.0697 e. The molecule has 70 valence electrons. The molecule has 0 aromatic heterocycles. The number of nitrogens with zero attached hydrogens (tertiary/aromatic N) is 3. The Balaban J connectivity index is 4.14. The van der Waals surface area contributed by atoms with Crippen molar-refractivity contribution >= 4 is 12.9 Å². The largest absolute Gasteiger partial charge is 0.318 e. The molecular weight excluding hydrogens is 174 g/mol. The van der Waals surface area contributed by atoms with E-state index in [1.165, 1.54) is 0 Å². The van der Waals surface area contributed by atoms with Gasteiger partial charge in [-0.3, -0.25) is 0 Å². The molecule has 1 atom stereocenters.